The van der Waals surface area contributed by atoms with Gasteiger partial charge in [-0.3, -0.25) is 9.36 Å². The van der Waals surface area contributed by atoms with Crippen molar-refractivity contribution in [3.05, 3.63) is 59.0 Å². The lowest BCUT2D eigenvalue weighted by molar-refractivity contribution is 0.414. The van der Waals surface area contributed by atoms with E-state index in [1.807, 2.05) is 56.5 Å². The predicted molar refractivity (Wildman–Crippen MR) is 90.8 cm³/mol. The van der Waals surface area contributed by atoms with E-state index < -0.39 is 0 Å². The van der Waals surface area contributed by atoms with Gasteiger partial charge in [0.05, 0.1) is 14.2 Å². The van der Waals surface area contributed by atoms with E-state index in [1.165, 1.54) is 0 Å². The molecule has 5 heteroatoms. The molecule has 0 amide bonds. The van der Waals surface area contributed by atoms with Crippen LogP contribution >= 0.6 is 0 Å². The van der Waals surface area contributed by atoms with Crippen LogP contribution in [0.1, 0.15) is 0 Å². The van der Waals surface area contributed by atoms with Crippen LogP contribution in [-0.2, 0) is 0 Å². The molecule has 0 N–H and O–H groups in total. The number of hydrogen-bond donors (Lipinski definition) is 0. The topological polar surface area (TPSA) is 40.5 Å². The summed E-state index contributed by atoms with van der Waals surface area (Å²) >= 11 is 0. The van der Waals surface area contributed by atoms with Crippen molar-refractivity contribution in [1.82, 2.24) is 4.57 Å². The molecular formula is C17H16BNO3. The van der Waals surface area contributed by atoms with Gasteiger partial charge in [0, 0.05) is 17.3 Å². The Labute approximate surface area is 129 Å². The van der Waals surface area contributed by atoms with Gasteiger partial charge in [-0.25, -0.2) is 0 Å². The van der Waals surface area contributed by atoms with Gasteiger partial charge in [-0.2, -0.15) is 0 Å². The average molecular weight is 293 g/mol. The first-order chi connectivity index (χ1) is 10.6. The van der Waals surface area contributed by atoms with Gasteiger partial charge in [-0.05, 0) is 47.9 Å². The number of aromatic nitrogens is 1. The second kappa shape index (κ2) is 5.60. The first-order valence-corrected chi connectivity index (χ1v) is 6.98. The fraction of sp³-hybridized carbons (Fsp3) is 0.118. The Morgan fingerprint density at radius 3 is 2.18 bits per heavy atom. The summed E-state index contributed by atoms with van der Waals surface area (Å²) in [5, 5.41) is 1.59. The number of methoxy groups -OCH3 is 2. The summed E-state index contributed by atoms with van der Waals surface area (Å²) in [5.41, 5.74) is 1.78. The standard InChI is InChI=1S/C17H16BNO3/c1-21-12-5-3-11(4-6-12)19-10-16(18)15-9-13(22-2)7-8-14(15)17(19)20/h3-10H,18H2,1-2H3. The highest BCUT2D eigenvalue weighted by molar-refractivity contribution is 6.38. The first-order valence-electron chi connectivity index (χ1n) is 6.98. The summed E-state index contributed by atoms with van der Waals surface area (Å²) in [6, 6.07) is 12.9. The van der Waals surface area contributed by atoms with Crippen LogP contribution in [0.25, 0.3) is 16.5 Å². The van der Waals surface area contributed by atoms with Crippen LogP contribution in [0.3, 0.4) is 0 Å². The van der Waals surface area contributed by atoms with Gasteiger partial charge in [0.2, 0.25) is 0 Å². The zero-order chi connectivity index (χ0) is 15.7. The van der Waals surface area contributed by atoms with Gasteiger partial charge in [0.15, 0.2) is 0 Å². The molecule has 110 valence electrons. The van der Waals surface area contributed by atoms with E-state index in [4.69, 9.17) is 9.47 Å². The van der Waals surface area contributed by atoms with Crippen molar-refractivity contribution in [2.45, 2.75) is 0 Å². The highest BCUT2D eigenvalue weighted by Crippen LogP contribution is 2.18. The molecule has 22 heavy (non-hydrogen) atoms. The molecule has 3 rings (SSSR count). The predicted octanol–water partition coefficient (Wildman–Crippen LogP) is 1.27. The van der Waals surface area contributed by atoms with Crippen molar-refractivity contribution >= 4 is 24.1 Å². The maximum atomic E-state index is 12.7. The van der Waals surface area contributed by atoms with Crippen molar-refractivity contribution in [2.75, 3.05) is 14.2 Å². The molecule has 0 saturated carbocycles. The zero-order valence-electron chi connectivity index (χ0n) is 12.8. The Kier molecular flexibility index (Phi) is 3.63. The second-order valence-corrected chi connectivity index (χ2v) is 5.10. The van der Waals surface area contributed by atoms with Crippen molar-refractivity contribution < 1.29 is 9.47 Å². The van der Waals surface area contributed by atoms with Crippen LogP contribution < -0.4 is 20.5 Å². The average Bonchev–Trinajstić information content (AvgIpc) is 2.57. The Bertz CT molecular complexity index is 885. The smallest absolute Gasteiger partial charge is 0.262 e. The number of pyridine rings is 1. The van der Waals surface area contributed by atoms with E-state index >= 15 is 0 Å². The molecule has 0 atom stereocenters. The van der Waals surface area contributed by atoms with E-state index in [9.17, 15) is 4.79 Å². The number of hydrogen-bond acceptors (Lipinski definition) is 3. The Balaban J connectivity index is 2.22. The Morgan fingerprint density at radius 1 is 0.909 bits per heavy atom. The molecule has 1 heterocycles. The lowest BCUT2D eigenvalue weighted by Crippen LogP contribution is -2.24. The minimum Gasteiger partial charge on any atom is -0.497 e. The number of ether oxygens (including phenoxy) is 2. The maximum Gasteiger partial charge on any atom is 0.262 e. The van der Waals surface area contributed by atoms with Crippen LogP contribution in [0.5, 0.6) is 11.5 Å². The molecule has 0 spiro atoms. The van der Waals surface area contributed by atoms with Crippen molar-refractivity contribution in [3.63, 3.8) is 0 Å². The molecule has 0 radical (unpaired) electrons. The van der Waals surface area contributed by atoms with Gasteiger partial charge in [0.1, 0.15) is 19.3 Å². The molecule has 0 aliphatic heterocycles. The van der Waals surface area contributed by atoms with E-state index in [-0.39, 0.29) is 5.56 Å². The zero-order valence-corrected chi connectivity index (χ0v) is 12.8. The third-order valence-corrected chi connectivity index (χ3v) is 3.77. The molecule has 1 aromatic heterocycles. The third kappa shape index (κ3) is 2.35. The summed E-state index contributed by atoms with van der Waals surface area (Å²) < 4.78 is 12.0. The van der Waals surface area contributed by atoms with E-state index in [1.54, 1.807) is 18.8 Å². The largest absolute Gasteiger partial charge is 0.497 e. The van der Waals surface area contributed by atoms with E-state index in [0.29, 0.717) is 5.39 Å². The number of rotatable bonds is 3. The molecule has 3 aromatic rings. The summed E-state index contributed by atoms with van der Waals surface area (Å²) in [7, 11) is 5.23. The fourth-order valence-electron chi connectivity index (χ4n) is 2.55. The molecule has 0 aliphatic rings. The number of nitrogens with zero attached hydrogens (tertiary/aromatic N) is 1. The van der Waals surface area contributed by atoms with Crippen molar-refractivity contribution in [1.29, 1.82) is 0 Å². The third-order valence-electron chi connectivity index (χ3n) is 3.77. The highest BCUT2D eigenvalue weighted by Gasteiger charge is 2.09. The highest BCUT2D eigenvalue weighted by atomic mass is 16.5. The second-order valence-electron chi connectivity index (χ2n) is 5.10. The minimum atomic E-state index is -0.0478. The van der Waals surface area contributed by atoms with E-state index in [0.717, 1.165) is 28.0 Å². The molecular weight excluding hydrogens is 277 g/mol. The van der Waals surface area contributed by atoms with Crippen LogP contribution in [0.4, 0.5) is 0 Å². The lowest BCUT2D eigenvalue weighted by atomic mass is 9.92. The summed E-state index contributed by atoms with van der Waals surface area (Å²) in [5.74, 6) is 1.51. The van der Waals surface area contributed by atoms with Crippen LogP contribution in [0.15, 0.2) is 53.5 Å². The lowest BCUT2D eigenvalue weighted by Gasteiger charge is -2.11. The Hall–Kier alpha value is -2.69. The minimum absolute atomic E-state index is 0.0478. The first kappa shape index (κ1) is 14.3. The van der Waals surface area contributed by atoms with Gasteiger partial charge in [-0.15, -0.1) is 0 Å². The van der Waals surface area contributed by atoms with E-state index in [2.05, 4.69) is 0 Å². The SMILES string of the molecule is Bc1cn(-c2ccc(OC)cc2)c(=O)c2ccc(OC)cc12. The van der Waals surface area contributed by atoms with Gasteiger partial charge in [-0.1, -0.05) is 5.46 Å². The fourth-order valence-corrected chi connectivity index (χ4v) is 2.55. The molecule has 0 saturated heterocycles. The summed E-state index contributed by atoms with van der Waals surface area (Å²) in [4.78, 5) is 12.7. The monoisotopic (exact) mass is 293 g/mol. The van der Waals surface area contributed by atoms with Crippen LogP contribution in [-0.4, -0.2) is 26.6 Å². The molecule has 0 aliphatic carbocycles. The summed E-state index contributed by atoms with van der Waals surface area (Å²) in [6.45, 7) is 0. The maximum absolute atomic E-state index is 12.7. The Morgan fingerprint density at radius 2 is 1.55 bits per heavy atom. The number of fused-ring (bicyclic) bond motifs is 1. The van der Waals surface area contributed by atoms with Crippen LogP contribution in [0, 0.1) is 0 Å². The molecule has 0 unspecified atom stereocenters. The van der Waals surface area contributed by atoms with Crippen molar-refractivity contribution in [2.24, 2.45) is 0 Å². The van der Waals surface area contributed by atoms with Gasteiger partial charge >= 0.3 is 0 Å². The molecule has 2 aromatic carbocycles. The molecule has 4 nitrogen and oxygen atoms in total. The summed E-state index contributed by atoms with van der Waals surface area (Å²) in [6.07, 6.45) is 1.85. The van der Waals surface area contributed by atoms with Gasteiger partial charge < -0.3 is 9.47 Å². The normalized spacial score (nSPS) is 10.6. The molecule has 0 bridgehead atoms. The van der Waals surface area contributed by atoms with Crippen molar-refractivity contribution in [3.8, 4) is 17.2 Å². The molecule has 0 fully saturated rings. The quantitative estimate of drug-likeness (QED) is 0.683. The number of benzene rings is 2. The van der Waals surface area contributed by atoms with Gasteiger partial charge in [0.25, 0.3) is 5.56 Å². The van der Waals surface area contributed by atoms with Crippen LogP contribution in [0.2, 0.25) is 0 Å².